The number of nitrogens with one attached hydrogen (secondary N) is 1. The van der Waals surface area contributed by atoms with Gasteiger partial charge in [-0.1, -0.05) is 49.0 Å². The maximum absolute atomic E-state index is 13.6. The summed E-state index contributed by atoms with van der Waals surface area (Å²) in [5, 5.41) is 11.9. The van der Waals surface area contributed by atoms with Crippen molar-refractivity contribution >= 4 is 29.3 Å². The summed E-state index contributed by atoms with van der Waals surface area (Å²) in [5.74, 6) is -1.12. The zero-order chi connectivity index (χ0) is 21.7. The molecule has 3 aromatic rings. The Morgan fingerprint density at radius 1 is 1.20 bits per heavy atom. The van der Waals surface area contributed by atoms with Crippen molar-refractivity contribution in [1.29, 1.82) is 0 Å². The second-order valence-corrected chi connectivity index (χ2v) is 7.64. The summed E-state index contributed by atoms with van der Waals surface area (Å²) in [6.45, 7) is 4.15. The molecule has 1 aromatic heterocycles. The lowest BCUT2D eigenvalue weighted by Crippen LogP contribution is -2.17. The molecule has 0 saturated carbocycles. The zero-order valence-electron chi connectivity index (χ0n) is 16.6. The lowest BCUT2D eigenvalue weighted by Gasteiger charge is -2.16. The molecule has 7 nitrogen and oxygen atoms in total. The highest BCUT2D eigenvalue weighted by Crippen LogP contribution is 2.29. The Hall–Kier alpha value is -3.20. The maximum Gasteiger partial charge on any atom is 0.251 e. The van der Waals surface area contributed by atoms with Gasteiger partial charge in [0.05, 0.1) is 11.3 Å². The molecule has 0 aliphatic rings. The van der Waals surface area contributed by atoms with E-state index in [1.807, 2.05) is 34.9 Å². The van der Waals surface area contributed by atoms with Crippen LogP contribution < -0.4 is 11.1 Å². The predicted octanol–water partition coefficient (Wildman–Crippen LogP) is 3.88. The van der Waals surface area contributed by atoms with E-state index >= 15 is 0 Å². The van der Waals surface area contributed by atoms with Crippen molar-refractivity contribution in [3.05, 3.63) is 59.9 Å². The van der Waals surface area contributed by atoms with E-state index in [2.05, 4.69) is 29.4 Å². The highest BCUT2D eigenvalue weighted by molar-refractivity contribution is 7.99. The van der Waals surface area contributed by atoms with Crippen molar-refractivity contribution in [1.82, 2.24) is 14.8 Å². The fraction of sp³-hybridized carbons (Fsp3) is 0.238. The van der Waals surface area contributed by atoms with Crippen LogP contribution in [0.4, 0.5) is 10.1 Å². The summed E-state index contributed by atoms with van der Waals surface area (Å²) in [6.07, 6.45) is 0.878. The van der Waals surface area contributed by atoms with Crippen molar-refractivity contribution in [2.24, 2.45) is 5.73 Å². The molecule has 0 bridgehead atoms. The number of thioether (sulfide) groups is 1. The molecule has 0 aliphatic carbocycles. The number of halogens is 1. The third-order valence-corrected chi connectivity index (χ3v) is 5.52. The van der Waals surface area contributed by atoms with Gasteiger partial charge in [-0.05, 0) is 31.5 Å². The van der Waals surface area contributed by atoms with Crippen molar-refractivity contribution in [2.45, 2.75) is 31.5 Å². The topological polar surface area (TPSA) is 103 Å². The van der Waals surface area contributed by atoms with Gasteiger partial charge < -0.3 is 11.1 Å². The number of amides is 2. The Morgan fingerprint density at radius 3 is 2.60 bits per heavy atom. The van der Waals surface area contributed by atoms with Crippen molar-refractivity contribution in [2.75, 3.05) is 11.1 Å². The van der Waals surface area contributed by atoms with Gasteiger partial charge in [-0.3, -0.25) is 14.2 Å². The average Bonchev–Trinajstić information content (AvgIpc) is 3.17. The molecule has 2 amide bonds. The smallest absolute Gasteiger partial charge is 0.251 e. The van der Waals surface area contributed by atoms with Crippen LogP contribution in [-0.2, 0) is 4.79 Å². The zero-order valence-corrected chi connectivity index (χ0v) is 17.4. The van der Waals surface area contributed by atoms with Crippen LogP contribution in [0.15, 0.2) is 53.7 Å². The van der Waals surface area contributed by atoms with Crippen LogP contribution in [0, 0.1) is 5.82 Å². The molecule has 1 heterocycles. The minimum Gasteiger partial charge on any atom is -0.366 e. The molecule has 1 unspecified atom stereocenters. The molecule has 156 valence electrons. The number of primary amides is 1. The van der Waals surface area contributed by atoms with E-state index in [0.29, 0.717) is 10.8 Å². The standard InChI is InChI=1S/C21H22FN5O2S/c1-3-13(2)27-20(14-7-5-4-6-8-14)25-26-21(27)30-12-18(28)24-15-9-10-17(22)16(11-15)19(23)29/h4-11,13H,3,12H2,1-2H3,(H2,23,29)(H,24,28). The van der Waals surface area contributed by atoms with Crippen LogP contribution in [-0.4, -0.2) is 32.3 Å². The average molecular weight is 428 g/mol. The van der Waals surface area contributed by atoms with Gasteiger partial charge in [-0.15, -0.1) is 10.2 Å². The molecule has 0 fully saturated rings. The van der Waals surface area contributed by atoms with Crippen LogP contribution in [0.1, 0.15) is 36.7 Å². The van der Waals surface area contributed by atoms with Crippen molar-refractivity contribution < 1.29 is 14.0 Å². The van der Waals surface area contributed by atoms with E-state index < -0.39 is 11.7 Å². The van der Waals surface area contributed by atoms with Crippen LogP contribution in [0.25, 0.3) is 11.4 Å². The molecule has 30 heavy (non-hydrogen) atoms. The Kier molecular flexibility index (Phi) is 6.83. The van der Waals surface area contributed by atoms with E-state index in [9.17, 15) is 14.0 Å². The number of nitrogens with two attached hydrogens (primary N) is 1. The minimum atomic E-state index is -0.895. The van der Waals surface area contributed by atoms with Gasteiger partial charge >= 0.3 is 0 Å². The number of anilines is 1. The first-order valence-corrected chi connectivity index (χ1v) is 10.4. The largest absolute Gasteiger partial charge is 0.366 e. The Labute approximate surface area is 177 Å². The fourth-order valence-electron chi connectivity index (χ4n) is 2.86. The number of hydrogen-bond acceptors (Lipinski definition) is 5. The molecule has 0 aliphatic heterocycles. The lowest BCUT2D eigenvalue weighted by atomic mass is 10.2. The molecule has 2 aromatic carbocycles. The Morgan fingerprint density at radius 2 is 1.93 bits per heavy atom. The Bertz CT molecular complexity index is 1050. The first kappa shape index (κ1) is 21.5. The molecule has 0 spiro atoms. The SMILES string of the molecule is CCC(C)n1c(SCC(=O)Nc2ccc(F)c(C(N)=O)c2)nnc1-c1ccccc1. The summed E-state index contributed by atoms with van der Waals surface area (Å²) in [6, 6.07) is 13.6. The third kappa shape index (κ3) is 4.85. The fourth-order valence-corrected chi connectivity index (χ4v) is 3.69. The normalized spacial score (nSPS) is 11.8. The number of nitrogens with zero attached hydrogens (tertiary/aromatic N) is 3. The third-order valence-electron chi connectivity index (χ3n) is 4.58. The van der Waals surface area contributed by atoms with Gasteiger partial charge in [0, 0.05) is 17.3 Å². The quantitative estimate of drug-likeness (QED) is 0.531. The van der Waals surface area contributed by atoms with E-state index in [0.717, 1.165) is 23.9 Å². The second-order valence-electron chi connectivity index (χ2n) is 6.70. The molecular weight excluding hydrogens is 405 g/mol. The maximum atomic E-state index is 13.6. The summed E-state index contributed by atoms with van der Waals surface area (Å²) < 4.78 is 15.6. The second kappa shape index (κ2) is 9.53. The summed E-state index contributed by atoms with van der Waals surface area (Å²) in [4.78, 5) is 23.6. The van der Waals surface area contributed by atoms with Crippen LogP contribution >= 0.6 is 11.8 Å². The minimum absolute atomic E-state index is 0.0760. The van der Waals surface area contributed by atoms with Gasteiger partial charge in [0.25, 0.3) is 5.91 Å². The van der Waals surface area contributed by atoms with Gasteiger partial charge in [-0.2, -0.15) is 0 Å². The van der Waals surface area contributed by atoms with Crippen LogP contribution in [0.5, 0.6) is 0 Å². The highest BCUT2D eigenvalue weighted by Gasteiger charge is 2.19. The lowest BCUT2D eigenvalue weighted by molar-refractivity contribution is -0.113. The van der Waals surface area contributed by atoms with E-state index in [1.165, 1.54) is 23.9 Å². The molecule has 1 atom stereocenters. The molecule has 3 N–H and O–H groups in total. The van der Waals surface area contributed by atoms with E-state index in [1.54, 1.807) is 0 Å². The van der Waals surface area contributed by atoms with Gasteiger partial charge in [0.2, 0.25) is 5.91 Å². The highest BCUT2D eigenvalue weighted by atomic mass is 32.2. The molecule has 9 heteroatoms. The summed E-state index contributed by atoms with van der Waals surface area (Å²) in [5.41, 5.74) is 6.12. The Balaban J connectivity index is 1.74. The number of carbonyl (C=O) groups excluding carboxylic acids is 2. The summed E-state index contributed by atoms with van der Waals surface area (Å²) >= 11 is 1.26. The molecule has 3 rings (SSSR count). The van der Waals surface area contributed by atoms with E-state index in [-0.39, 0.29) is 23.3 Å². The first-order valence-electron chi connectivity index (χ1n) is 9.43. The van der Waals surface area contributed by atoms with E-state index in [4.69, 9.17) is 5.73 Å². The number of rotatable bonds is 8. The number of aromatic nitrogens is 3. The number of hydrogen-bond donors (Lipinski definition) is 2. The molecule has 0 radical (unpaired) electrons. The van der Waals surface area contributed by atoms with Crippen molar-refractivity contribution in [3.8, 4) is 11.4 Å². The van der Waals surface area contributed by atoms with Crippen LogP contribution in [0.2, 0.25) is 0 Å². The van der Waals surface area contributed by atoms with Gasteiger partial charge in [0.15, 0.2) is 11.0 Å². The van der Waals surface area contributed by atoms with Crippen LogP contribution in [0.3, 0.4) is 0 Å². The number of benzene rings is 2. The van der Waals surface area contributed by atoms with Gasteiger partial charge in [-0.25, -0.2) is 4.39 Å². The first-order chi connectivity index (χ1) is 14.4. The van der Waals surface area contributed by atoms with Crippen molar-refractivity contribution in [3.63, 3.8) is 0 Å². The predicted molar refractivity (Wildman–Crippen MR) is 115 cm³/mol. The molecular formula is C21H22FN5O2S. The number of carbonyl (C=O) groups is 2. The summed E-state index contributed by atoms with van der Waals surface area (Å²) in [7, 11) is 0. The molecule has 0 saturated heterocycles. The van der Waals surface area contributed by atoms with Gasteiger partial charge in [0.1, 0.15) is 5.82 Å². The monoisotopic (exact) mass is 427 g/mol.